The molecule has 10 heteroatoms. The number of hydrazine groups is 1. The minimum atomic E-state index is -0.849. The van der Waals surface area contributed by atoms with Gasteiger partial charge in [-0.15, -0.1) is 0 Å². The van der Waals surface area contributed by atoms with Crippen molar-refractivity contribution in [2.75, 3.05) is 5.75 Å². The van der Waals surface area contributed by atoms with Crippen LogP contribution in [0.1, 0.15) is 38.5 Å². The monoisotopic (exact) mass is 369 g/mol. The highest BCUT2D eigenvalue weighted by Gasteiger charge is 2.42. The molecule has 0 aromatic carbocycles. The van der Waals surface area contributed by atoms with Gasteiger partial charge in [-0.1, -0.05) is 6.42 Å². The molecule has 0 aromatic rings. The number of hydrogen-bond donors (Lipinski definition) is 5. The minimum Gasteiger partial charge on any atom is -0.345 e. The van der Waals surface area contributed by atoms with Crippen LogP contribution in [-0.2, 0) is 14.4 Å². The Morgan fingerprint density at radius 3 is 2.64 bits per heavy atom. The second kappa shape index (κ2) is 7.94. The molecule has 3 fully saturated rings. The van der Waals surface area contributed by atoms with Gasteiger partial charge < -0.3 is 16.0 Å². The molecule has 5 N–H and O–H groups in total. The maximum Gasteiger partial charge on any atom is 0.327 e. The maximum atomic E-state index is 11.7. The molecule has 0 radical (unpaired) electrons. The number of urea groups is 1. The van der Waals surface area contributed by atoms with Gasteiger partial charge in [0.05, 0.1) is 12.1 Å². The Bertz CT molecular complexity index is 568. The predicted molar refractivity (Wildman–Crippen MR) is 91.4 cm³/mol. The molecule has 1 saturated carbocycles. The third kappa shape index (κ3) is 5.00. The van der Waals surface area contributed by atoms with Crippen LogP contribution < -0.4 is 26.8 Å². The number of amides is 5. The van der Waals surface area contributed by atoms with Crippen LogP contribution in [0, 0.1) is 0 Å². The van der Waals surface area contributed by atoms with Crippen molar-refractivity contribution in [1.29, 1.82) is 0 Å². The van der Waals surface area contributed by atoms with Crippen molar-refractivity contribution >= 4 is 35.5 Å². The molecule has 3 aliphatic rings. The van der Waals surface area contributed by atoms with E-state index < -0.39 is 11.8 Å². The smallest absolute Gasteiger partial charge is 0.327 e. The van der Waals surface area contributed by atoms with Gasteiger partial charge in [-0.2, -0.15) is 11.8 Å². The van der Waals surface area contributed by atoms with Gasteiger partial charge in [0, 0.05) is 23.5 Å². The summed E-state index contributed by atoms with van der Waals surface area (Å²) >= 11 is 1.84. The molecule has 2 saturated heterocycles. The quantitative estimate of drug-likeness (QED) is 0.180. The summed E-state index contributed by atoms with van der Waals surface area (Å²) in [5.74, 6) is -0.968. The average molecular weight is 369 g/mol. The van der Waals surface area contributed by atoms with Crippen LogP contribution in [0.2, 0.25) is 0 Å². The molecule has 3 atom stereocenters. The van der Waals surface area contributed by atoms with Crippen molar-refractivity contribution in [3.8, 4) is 0 Å². The van der Waals surface area contributed by atoms with Crippen LogP contribution in [0.15, 0.2) is 0 Å². The first-order chi connectivity index (χ1) is 12.0. The molecule has 1 aliphatic carbocycles. The highest BCUT2D eigenvalue weighted by Crippen LogP contribution is 2.33. The first kappa shape index (κ1) is 17.8. The Morgan fingerprint density at radius 1 is 1.08 bits per heavy atom. The standard InChI is InChI=1S/C15H23N5O4S/c21-11(19-20-14(23)13(22)16-8-5-6-8)4-2-1-3-10-12-9(7-25-10)17-15(24)18-12/h8-10,12H,1-7H2,(H,16,22)(H,19,21)(H,20,23)(H2,17,18,24)/t9-,10-,12-/m0/s1. The van der Waals surface area contributed by atoms with E-state index in [1.165, 1.54) is 0 Å². The van der Waals surface area contributed by atoms with Crippen molar-refractivity contribution in [3.63, 3.8) is 0 Å². The predicted octanol–water partition coefficient (Wildman–Crippen LogP) is -0.862. The molecule has 0 spiro atoms. The Kier molecular flexibility index (Phi) is 5.67. The highest BCUT2D eigenvalue weighted by molar-refractivity contribution is 8.00. The van der Waals surface area contributed by atoms with Crippen molar-refractivity contribution in [3.05, 3.63) is 0 Å². The van der Waals surface area contributed by atoms with E-state index in [0.29, 0.717) is 11.7 Å². The fourth-order valence-corrected chi connectivity index (χ4v) is 4.54. The third-order valence-corrected chi connectivity index (χ3v) is 6.02. The lowest BCUT2D eigenvalue weighted by atomic mass is 10.0. The summed E-state index contributed by atoms with van der Waals surface area (Å²) in [5.41, 5.74) is 4.38. The number of nitrogens with one attached hydrogen (secondary N) is 5. The molecule has 9 nitrogen and oxygen atoms in total. The largest absolute Gasteiger partial charge is 0.345 e. The van der Waals surface area contributed by atoms with Crippen LogP contribution >= 0.6 is 11.8 Å². The van der Waals surface area contributed by atoms with Gasteiger partial charge in [-0.05, 0) is 25.7 Å². The Morgan fingerprint density at radius 2 is 1.88 bits per heavy atom. The van der Waals surface area contributed by atoms with Crippen LogP contribution in [0.25, 0.3) is 0 Å². The number of carbonyl (C=O) groups excluding carboxylic acids is 4. The lowest BCUT2D eigenvalue weighted by molar-refractivity contribution is -0.141. The summed E-state index contributed by atoms with van der Waals surface area (Å²) in [7, 11) is 0. The molecule has 3 rings (SSSR count). The van der Waals surface area contributed by atoms with Crippen molar-refractivity contribution in [1.82, 2.24) is 26.8 Å². The summed E-state index contributed by atoms with van der Waals surface area (Å²) in [6.45, 7) is 0. The highest BCUT2D eigenvalue weighted by atomic mass is 32.2. The van der Waals surface area contributed by atoms with Crippen molar-refractivity contribution in [2.45, 2.75) is 61.9 Å². The van der Waals surface area contributed by atoms with Gasteiger partial charge in [0.25, 0.3) is 0 Å². The average Bonchev–Trinajstić information content (AvgIpc) is 3.21. The lowest BCUT2D eigenvalue weighted by Crippen LogP contribution is -2.48. The molecular formula is C15H23N5O4S. The Balaban J connectivity index is 1.25. The fraction of sp³-hybridized carbons (Fsp3) is 0.733. The fourth-order valence-electron chi connectivity index (χ4n) is 3.00. The molecule has 138 valence electrons. The maximum absolute atomic E-state index is 11.7. The Labute approximate surface area is 149 Å². The third-order valence-electron chi connectivity index (χ3n) is 4.51. The SMILES string of the molecule is O=C(CCCC[C@@H]1SC[C@@H]2NC(=O)N[C@@H]21)NNC(=O)C(=O)NC1CC1. The lowest BCUT2D eigenvalue weighted by Gasteiger charge is -2.16. The molecular weight excluding hydrogens is 346 g/mol. The van der Waals surface area contributed by atoms with E-state index in [-0.39, 0.29) is 36.5 Å². The summed E-state index contributed by atoms with van der Waals surface area (Å²) in [5, 5.41) is 8.76. The van der Waals surface area contributed by atoms with Crippen LogP contribution in [0.4, 0.5) is 4.79 Å². The van der Waals surface area contributed by atoms with Crippen molar-refractivity contribution < 1.29 is 19.2 Å². The van der Waals surface area contributed by atoms with E-state index in [1.54, 1.807) is 0 Å². The number of thioether (sulfide) groups is 1. The molecule has 2 aliphatic heterocycles. The van der Waals surface area contributed by atoms with Gasteiger partial charge in [-0.3, -0.25) is 25.2 Å². The number of rotatable bonds is 6. The first-order valence-corrected chi connectivity index (χ1v) is 9.66. The number of fused-ring (bicyclic) bond motifs is 1. The Hall–Kier alpha value is -1.97. The van der Waals surface area contributed by atoms with Gasteiger partial charge in [0.2, 0.25) is 5.91 Å². The van der Waals surface area contributed by atoms with E-state index in [2.05, 4.69) is 26.8 Å². The summed E-state index contributed by atoms with van der Waals surface area (Å²) in [6, 6.07) is 0.390. The van der Waals surface area contributed by atoms with E-state index in [4.69, 9.17) is 0 Å². The van der Waals surface area contributed by atoms with E-state index in [1.807, 2.05) is 11.8 Å². The zero-order chi connectivity index (χ0) is 17.8. The molecule has 0 unspecified atom stereocenters. The van der Waals surface area contributed by atoms with Gasteiger partial charge in [-0.25, -0.2) is 4.79 Å². The summed E-state index contributed by atoms with van der Waals surface area (Å²) < 4.78 is 0. The van der Waals surface area contributed by atoms with Gasteiger partial charge >= 0.3 is 17.8 Å². The second-order valence-corrected chi connectivity index (χ2v) is 7.89. The van der Waals surface area contributed by atoms with Gasteiger partial charge in [0.15, 0.2) is 0 Å². The van der Waals surface area contributed by atoms with Crippen LogP contribution in [-0.4, -0.2) is 52.9 Å². The van der Waals surface area contributed by atoms with Crippen LogP contribution in [0.3, 0.4) is 0 Å². The van der Waals surface area contributed by atoms with E-state index in [0.717, 1.165) is 31.4 Å². The topological polar surface area (TPSA) is 128 Å². The van der Waals surface area contributed by atoms with Crippen LogP contribution in [0.5, 0.6) is 0 Å². The number of carbonyl (C=O) groups is 4. The molecule has 0 aromatic heterocycles. The second-order valence-electron chi connectivity index (χ2n) is 6.62. The van der Waals surface area contributed by atoms with Gasteiger partial charge in [0.1, 0.15) is 0 Å². The molecule has 25 heavy (non-hydrogen) atoms. The van der Waals surface area contributed by atoms with E-state index in [9.17, 15) is 19.2 Å². The zero-order valence-corrected chi connectivity index (χ0v) is 14.6. The minimum absolute atomic E-state index is 0.0962. The number of hydrogen-bond acceptors (Lipinski definition) is 5. The van der Waals surface area contributed by atoms with Crippen molar-refractivity contribution in [2.24, 2.45) is 0 Å². The molecule has 5 amide bonds. The first-order valence-electron chi connectivity index (χ1n) is 8.61. The summed E-state index contributed by atoms with van der Waals surface area (Å²) in [4.78, 5) is 45.9. The normalized spacial score (nSPS) is 27.0. The molecule has 0 bridgehead atoms. The number of unbranched alkanes of at least 4 members (excludes halogenated alkanes) is 1. The summed E-state index contributed by atoms with van der Waals surface area (Å²) in [6.07, 6.45) is 4.54. The molecule has 2 heterocycles. The van der Waals surface area contributed by atoms with E-state index >= 15 is 0 Å². The zero-order valence-electron chi connectivity index (χ0n) is 13.8.